The van der Waals surface area contributed by atoms with Crippen molar-refractivity contribution in [3.63, 3.8) is 0 Å². The topological polar surface area (TPSA) is 29.5 Å². The molecule has 0 aromatic heterocycles. The van der Waals surface area contributed by atoms with Crippen molar-refractivity contribution in [2.24, 2.45) is 0 Å². The molecule has 0 bridgehead atoms. The molecule has 88 valence electrons. The van der Waals surface area contributed by atoms with Crippen LogP contribution in [0.3, 0.4) is 0 Å². The molecule has 0 spiro atoms. The summed E-state index contributed by atoms with van der Waals surface area (Å²) >= 11 is 6.10. The number of rotatable bonds is 4. The quantitative estimate of drug-likeness (QED) is 0.758. The maximum absolute atomic E-state index is 11.1. The molecular weight excluding hydrogens is 226 g/mol. The van der Waals surface area contributed by atoms with E-state index in [1.165, 1.54) is 7.11 Å². The lowest BCUT2D eigenvalue weighted by atomic mass is 10.1. The van der Waals surface area contributed by atoms with E-state index in [0.717, 1.165) is 16.1 Å². The van der Waals surface area contributed by atoms with Gasteiger partial charge in [-0.05, 0) is 31.2 Å². The van der Waals surface area contributed by atoms with Gasteiger partial charge < -0.3 is 4.74 Å². The first-order valence-corrected chi connectivity index (χ1v) is 5.41. The first-order valence-electron chi connectivity index (χ1n) is 5.03. The Hall–Kier alpha value is -1.06. The molecule has 0 aliphatic rings. The average molecular weight is 242 g/mol. The molecule has 0 atom stereocenters. The van der Waals surface area contributed by atoms with E-state index in [1.54, 1.807) is 0 Å². The number of hydrogen-bond acceptors (Lipinski definition) is 3. The summed E-state index contributed by atoms with van der Waals surface area (Å²) in [6.45, 7) is 2.89. The van der Waals surface area contributed by atoms with E-state index in [0.29, 0.717) is 6.54 Å². The normalized spacial score (nSPS) is 10.6. The standard InChI is InChI=1S/C12H16ClNO2/c1-9-4-5-10(11(13)6-9)7-14(2)8-12(15)16-3/h4-6H,7-8H2,1-3H3. The number of hydrogen-bond donors (Lipinski definition) is 0. The molecule has 0 N–H and O–H groups in total. The Morgan fingerprint density at radius 1 is 1.50 bits per heavy atom. The SMILES string of the molecule is COC(=O)CN(C)Cc1ccc(C)cc1Cl. The molecule has 0 amide bonds. The Balaban J connectivity index is 2.62. The van der Waals surface area contributed by atoms with Crippen LogP contribution in [-0.4, -0.2) is 31.6 Å². The summed E-state index contributed by atoms with van der Waals surface area (Å²) < 4.78 is 4.59. The van der Waals surface area contributed by atoms with Crippen LogP contribution in [0.25, 0.3) is 0 Å². The largest absolute Gasteiger partial charge is 0.468 e. The molecule has 0 unspecified atom stereocenters. The van der Waals surface area contributed by atoms with E-state index in [-0.39, 0.29) is 12.5 Å². The maximum atomic E-state index is 11.1. The Bertz CT molecular complexity index is 379. The molecule has 3 nitrogen and oxygen atoms in total. The third kappa shape index (κ3) is 3.83. The van der Waals surface area contributed by atoms with E-state index in [1.807, 2.05) is 37.1 Å². The van der Waals surface area contributed by atoms with E-state index >= 15 is 0 Å². The van der Waals surface area contributed by atoms with E-state index < -0.39 is 0 Å². The van der Waals surface area contributed by atoms with Gasteiger partial charge in [0.15, 0.2) is 0 Å². The van der Waals surface area contributed by atoms with Gasteiger partial charge >= 0.3 is 5.97 Å². The number of nitrogens with zero attached hydrogens (tertiary/aromatic N) is 1. The van der Waals surface area contributed by atoms with Crippen molar-refractivity contribution in [1.82, 2.24) is 4.90 Å². The van der Waals surface area contributed by atoms with Gasteiger partial charge in [-0.3, -0.25) is 9.69 Å². The van der Waals surface area contributed by atoms with Crippen LogP contribution in [0.1, 0.15) is 11.1 Å². The van der Waals surface area contributed by atoms with Crippen LogP contribution in [0, 0.1) is 6.92 Å². The zero-order chi connectivity index (χ0) is 12.1. The Morgan fingerprint density at radius 2 is 2.19 bits per heavy atom. The van der Waals surface area contributed by atoms with Crippen LogP contribution in [0.4, 0.5) is 0 Å². The molecule has 0 heterocycles. The number of esters is 1. The van der Waals surface area contributed by atoms with Gasteiger partial charge in [0.2, 0.25) is 0 Å². The monoisotopic (exact) mass is 241 g/mol. The first-order chi connectivity index (χ1) is 7.52. The number of halogens is 1. The van der Waals surface area contributed by atoms with Gasteiger partial charge in [0.25, 0.3) is 0 Å². The van der Waals surface area contributed by atoms with E-state index in [4.69, 9.17) is 11.6 Å². The summed E-state index contributed by atoms with van der Waals surface area (Å²) in [5, 5.41) is 0.733. The van der Waals surface area contributed by atoms with Gasteiger partial charge in [-0.2, -0.15) is 0 Å². The zero-order valence-electron chi connectivity index (χ0n) is 9.79. The van der Waals surface area contributed by atoms with E-state index in [2.05, 4.69) is 4.74 Å². The van der Waals surface area contributed by atoms with Crippen LogP contribution >= 0.6 is 11.6 Å². The number of carbonyl (C=O) groups excluding carboxylic acids is 1. The van der Waals surface area contributed by atoms with Gasteiger partial charge in [-0.25, -0.2) is 0 Å². The lowest BCUT2D eigenvalue weighted by molar-refractivity contribution is -0.141. The van der Waals surface area contributed by atoms with Gasteiger partial charge in [0.05, 0.1) is 13.7 Å². The summed E-state index contributed by atoms with van der Waals surface area (Å²) in [4.78, 5) is 12.9. The zero-order valence-corrected chi connectivity index (χ0v) is 10.5. The highest BCUT2D eigenvalue weighted by Gasteiger charge is 2.08. The molecule has 16 heavy (non-hydrogen) atoms. The predicted octanol–water partition coefficient (Wildman–Crippen LogP) is 2.25. The number of carbonyl (C=O) groups is 1. The third-order valence-corrected chi connectivity index (χ3v) is 2.63. The summed E-state index contributed by atoms with van der Waals surface area (Å²) in [5.74, 6) is -0.245. The highest BCUT2D eigenvalue weighted by atomic mass is 35.5. The molecule has 1 rings (SSSR count). The minimum atomic E-state index is -0.245. The smallest absolute Gasteiger partial charge is 0.319 e. The maximum Gasteiger partial charge on any atom is 0.319 e. The van der Waals surface area contributed by atoms with Gasteiger partial charge in [-0.15, -0.1) is 0 Å². The van der Waals surface area contributed by atoms with Crippen molar-refractivity contribution in [2.45, 2.75) is 13.5 Å². The summed E-state index contributed by atoms with van der Waals surface area (Å²) in [5.41, 5.74) is 2.14. The van der Waals surface area contributed by atoms with Crippen LogP contribution in [0.5, 0.6) is 0 Å². The number of ether oxygens (including phenoxy) is 1. The first kappa shape index (κ1) is 13.0. The van der Waals surface area contributed by atoms with Crippen molar-refractivity contribution in [3.05, 3.63) is 34.3 Å². The van der Waals surface area contributed by atoms with Gasteiger partial charge in [-0.1, -0.05) is 23.7 Å². The van der Waals surface area contributed by atoms with Crippen LogP contribution < -0.4 is 0 Å². The molecule has 1 aromatic rings. The fraction of sp³-hybridized carbons (Fsp3) is 0.417. The van der Waals surface area contributed by atoms with Crippen molar-refractivity contribution < 1.29 is 9.53 Å². The number of methoxy groups -OCH3 is 1. The second-order valence-electron chi connectivity index (χ2n) is 3.84. The molecular formula is C12H16ClNO2. The second-order valence-corrected chi connectivity index (χ2v) is 4.25. The lowest BCUT2D eigenvalue weighted by Crippen LogP contribution is -2.26. The van der Waals surface area contributed by atoms with Crippen LogP contribution in [-0.2, 0) is 16.1 Å². The highest BCUT2D eigenvalue weighted by Crippen LogP contribution is 2.18. The Labute approximate surface area is 101 Å². The molecule has 0 saturated heterocycles. The number of aryl methyl sites for hydroxylation is 1. The highest BCUT2D eigenvalue weighted by molar-refractivity contribution is 6.31. The molecule has 0 saturated carbocycles. The lowest BCUT2D eigenvalue weighted by Gasteiger charge is -2.16. The second kappa shape index (κ2) is 5.87. The average Bonchev–Trinajstić information content (AvgIpc) is 2.22. The van der Waals surface area contributed by atoms with Crippen molar-refractivity contribution in [3.8, 4) is 0 Å². The van der Waals surface area contributed by atoms with Crippen molar-refractivity contribution in [2.75, 3.05) is 20.7 Å². The fourth-order valence-electron chi connectivity index (χ4n) is 1.41. The molecule has 0 radical (unpaired) electrons. The number of likely N-dealkylation sites (N-methyl/N-ethyl adjacent to an activating group) is 1. The molecule has 0 fully saturated rings. The van der Waals surface area contributed by atoms with Crippen molar-refractivity contribution >= 4 is 17.6 Å². The summed E-state index contributed by atoms with van der Waals surface area (Å²) in [6, 6.07) is 5.90. The van der Waals surface area contributed by atoms with Gasteiger partial charge in [0, 0.05) is 11.6 Å². The van der Waals surface area contributed by atoms with Crippen LogP contribution in [0.15, 0.2) is 18.2 Å². The number of benzene rings is 1. The molecule has 0 aliphatic carbocycles. The predicted molar refractivity (Wildman–Crippen MR) is 64.5 cm³/mol. The Kier molecular flexibility index (Phi) is 4.77. The molecule has 0 aliphatic heterocycles. The molecule has 1 aromatic carbocycles. The summed E-state index contributed by atoms with van der Waals surface area (Å²) in [7, 11) is 3.24. The minimum absolute atomic E-state index is 0.245. The van der Waals surface area contributed by atoms with E-state index in [9.17, 15) is 4.79 Å². The Morgan fingerprint density at radius 3 is 2.75 bits per heavy atom. The third-order valence-electron chi connectivity index (χ3n) is 2.28. The van der Waals surface area contributed by atoms with Crippen molar-refractivity contribution in [1.29, 1.82) is 0 Å². The van der Waals surface area contributed by atoms with Gasteiger partial charge in [0.1, 0.15) is 0 Å². The molecule has 4 heteroatoms. The van der Waals surface area contributed by atoms with Crippen LogP contribution in [0.2, 0.25) is 5.02 Å². The summed E-state index contributed by atoms with van der Waals surface area (Å²) in [6.07, 6.45) is 0. The fourth-order valence-corrected chi connectivity index (χ4v) is 1.71. The minimum Gasteiger partial charge on any atom is -0.468 e.